The maximum Gasteiger partial charge on any atom is 0.207 e. The fourth-order valence-electron chi connectivity index (χ4n) is 1.84. The Morgan fingerprint density at radius 2 is 2.05 bits per heavy atom. The lowest BCUT2D eigenvalue weighted by atomic mass is 10.3. The second-order valence-corrected chi connectivity index (χ2v) is 4.34. The highest BCUT2D eigenvalue weighted by Crippen LogP contribution is 2.22. The average Bonchev–Trinajstić information content (AvgIpc) is 2.91. The van der Waals surface area contributed by atoms with Crippen LogP contribution in [0.3, 0.4) is 0 Å². The predicted molar refractivity (Wildman–Crippen MR) is 72.9 cm³/mol. The molecule has 0 atom stereocenters. The Morgan fingerprint density at radius 1 is 1.24 bits per heavy atom. The first-order valence-electron chi connectivity index (χ1n) is 6.63. The molecule has 0 saturated heterocycles. The molecule has 1 aromatic carbocycles. The molecule has 0 unspecified atom stereocenters. The largest absolute Gasteiger partial charge is 0.382 e. The van der Waals surface area contributed by atoms with Gasteiger partial charge in [-0.2, -0.15) is 0 Å². The molecule has 0 radical (unpaired) electrons. The lowest BCUT2D eigenvalue weighted by molar-refractivity contribution is 0.142. The Balaban J connectivity index is 2.07. The molecule has 0 aliphatic heterocycles. The van der Waals surface area contributed by atoms with E-state index in [0.717, 1.165) is 18.6 Å². The van der Waals surface area contributed by atoms with E-state index in [9.17, 15) is 13.2 Å². The van der Waals surface area contributed by atoms with E-state index in [1.807, 2.05) is 6.92 Å². The minimum Gasteiger partial charge on any atom is -0.382 e. The van der Waals surface area contributed by atoms with Gasteiger partial charge in [0.25, 0.3) is 0 Å². The zero-order valence-corrected chi connectivity index (χ0v) is 11.6. The average molecular weight is 299 g/mol. The highest BCUT2D eigenvalue weighted by atomic mass is 19.2. The van der Waals surface area contributed by atoms with E-state index in [4.69, 9.17) is 4.74 Å². The summed E-state index contributed by atoms with van der Waals surface area (Å²) in [4.78, 5) is 4.03. The molecule has 2 rings (SSSR count). The van der Waals surface area contributed by atoms with Crippen molar-refractivity contribution in [2.75, 3.05) is 18.5 Å². The zero-order chi connectivity index (χ0) is 15.2. The Hall–Kier alpha value is -2.02. The van der Waals surface area contributed by atoms with Gasteiger partial charge in [-0.15, -0.1) is 0 Å². The molecule has 114 valence electrons. The number of halogens is 3. The molecule has 1 heterocycles. The summed E-state index contributed by atoms with van der Waals surface area (Å²) in [5.74, 6) is -3.64. The van der Waals surface area contributed by atoms with Gasteiger partial charge in [-0.05, 0) is 25.5 Å². The maximum absolute atomic E-state index is 13.6. The molecule has 0 bridgehead atoms. The van der Waals surface area contributed by atoms with E-state index in [1.54, 1.807) is 17.0 Å². The van der Waals surface area contributed by atoms with Crippen LogP contribution in [0, 0.1) is 17.5 Å². The molecule has 0 aliphatic carbocycles. The number of hydrogen-bond acceptors (Lipinski definition) is 3. The minimum absolute atomic E-state index is 0.161. The standard InChI is InChI=1S/C14H16F3N3O/c1-2-21-9-3-7-20-8-6-18-14(20)19-11-5-4-10(15)12(16)13(11)17/h4-6,8H,2-3,7,9H2,1H3,(H,18,19). The summed E-state index contributed by atoms with van der Waals surface area (Å²) in [6, 6.07) is 2.00. The topological polar surface area (TPSA) is 39.1 Å². The van der Waals surface area contributed by atoms with Crippen molar-refractivity contribution in [3.8, 4) is 0 Å². The van der Waals surface area contributed by atoms with Gasteiger partial charge in [0.05, 0.1) is 5.69 Å². The molecule has 7 heteroatoms. The molecule has 0 fully saturated rings. The van der Waals surface area contributed by atoms with E-state index in [2.05, 4.69) is 10.3 Å². The number of aromatic nitrogens is 2. The van der Waals surface area contributed by atoms with Gasteiger partial charge in [0.1, 0.15) is 0 Å². The number of nitrogens with zero attached hydrogens (tertiary/aromatic N) is 2. The Bertz CT molecular complexity index is 601. The van der Waals surface area contributed by atoms with Gasteiger partial charge in [0, 0.05) is 32.2 Å². The van der Waals surface area contributed by atoms with Gasteiger partial charge in [-0.1, -0.05) is 0 Å². The second-order valence-electron chi connectivity index (χ2n) is 4.34. The van der Waals surface area contributed by atoms with Crippen molar-refractivity contribution in [3.63, 3.8) is 0 Å². The summed E-state index contributed by atoms with van der Waals surface area (Å²) in [5.41, 5.74) is -0.161. The summed E-state index contributed by atoms with van der Waals surface area (Å²) in [6.07, 6.45) is 4.02. The molecular weight excluding hydrogens is 283 g/mol. The normalized spacial score (nSPS) is 10.9. The second kappa shape index (κ2) is 7.12. The number of rotatable bonds is 7. The van der Waals surface area contributed by atoms with Crippen molar-refractivity contribution < 1.29 is 17.9 Å². The summed E-state index contributed by atoms with van der Waals surface area (Å²) >= 11 is 0. The van der Waals surface area contributed by atoms with Crippen molar-refractivity contribution in [1.82, 2.24) is 9.55 Å². The van der Waals surface area contributed by atoms with Gasteiger partial charge in [0.2, 0.25) is 5.95 Å². The molecule has 2 aromatic rings. The van der Waals surface area contributed by atoms with Crippen LogP contribution in [-0.4, -0.2) is 22.8 Å². The quantitative estimate of drug-likeness (QED) is 0.628. The molecule has 4 nitrogen and oxygen atoms in total. The summed E-state index contributed by atoms with van der Waals surface area (Å²) in [5, 5.41) is 2.66. The highest BCUT2D eigenvalue weighted by molar-refractivity contribution is 5.54. The SMILES string of the molecule is CCOCCCn1ccnc1Nc1ccc(F)c(F)c1F. The molecule has 0 aliphatic rings. The monoisotopic (exact) mass is 299 g/mol. The molecule has 0 saturated carbocycles. The number of aryl methyl sites for hydroxylation is 1. The van der Waals surface area contributed by atoms with Crippen LogP contribution in [0.5, 0.6) is 0 Å². The first-order chi connectivity index (χ1) is 10.1. The number of hydrogen-bond donors (Lipinski definition) is 1. The number of imidazole rings is 1. The minimum atomic E-state index is -1.51. The van der Waals surface area contributed by atoms with Gasteiger partial charge in [-0.25, -0.2) is 18.2 Å². The fraction of sp³-hybridized carbons (Fsp3) is 0.357. The summed E-state index contributed by atoms with van der Waals surface area (Å²) < 4.78 is 46.6. The number of nitrogens with one attached hydrogen (secondary N) is 1. The van der Waals surface area contributed by atoms with Crippen LogP contribution in [0.4, 0.5) is 24.8 Å². The van der Waals surface area contributed by atoms with Crippen molar-refractivity contribution in [1.29, 1.82) is 0 Å². The molecule has 1 aromatic heterocycles. The van der Waals surface area contributed by atoms with Crippen molar-refractivity contribution in [2.24, 2.45) is 0 Å². The van der Waals surface area contributed by atoms with E-state index < -0.39 is 17.5 Å². The summed E-state index contributed by atoms with van der Waals surface area (Å²) in [6.45, 7) is 3.78. The van der Waals surface area contributed by atoms with Crippen LogP contribution in [0.25, 0.3) is 0 Å². The predicted octanol–water partition coefficient (Wildman–Crippen LogP) is 3.47. The van der Waals surface area contributed by atoms with Crippen LogP contribution in [0.15, 0.2) is 24.5 Å². The van der Waals surface area contributed by atoms with Gasteiger partial charge in [-0.3, -0.25) is 0 Å². The van der Waals surface area contributed by atoms with Crippen LogP contribution in [0.2, 0.25) is 0 Å². The van der Waals surface area contributed by atoms with Crippen molar-refractivity contribution in [2.45, 2.75) is 19.9 Å². The molecular formula is C14H16F3N3O. The third-order valence-corrected chi connectivity index (χ3v) is 2.89. The first kappa shape index (κ1) is 15.4. The first-order valence-corrected chi connectivity index (χ1v) is 6.63. The number of benzene rings is 1. The Labute approximate surface area is 120 Å². The molecule has 0 amide bonds. The van der Waals surface area contributed by atoms with E-state index in [0.29, 0.717) is 25.7 Å². The van der Waals surface area contributed by atoms with Crippen LogP contribution >= 0.6 is 0 Å². The number of anilines is 2. The van der Waals surface area contributed by atoms with E-state index in [1.165, 1.54) is 0 Å². The lowest BCUT2D eigenvalue weighted by Gasteiger charge is -2.11. The zero-order valence-electron chi connectivity index (χ0n) is 11.6. The van der Waals surface area contributed by atoms with Crippen molar-refractivity contribution >= 4 is 11.6 Å². The smallest absolute Gasteiger partial charge is 0.207 e. The van der Waals surface area contributed by atoms with Crippen LogP contribution in [0.1, 0.15) is 13.3 Å². The van der Waals surface area contributed by atoms with Crippen molar-refractivity contribution in [3.05, 3.63) is 42.0 Å². The third-order valence-electron chi connectivity index (χ3n) is 2.89. The van der Waals surface area contributed by atoms with Gasteiger partial charge < -0.3 is 14.6 Å². The van der Waals surface area contributed by atoms with Crippen LogP contribution in [-0.2, 0) is 11.3 Å². The van der Waals surface area contributed by atoms with Crippen LogP contribution < -0.4 is 5.32 Å². The maximum atomic E-state index is 13.6. The Kier molecular flexibility index (Phi) is 5.21. The van der Waals surface area contributed by atoms with E-state index in [-0.39, 0.29) is 5.69 Å². The molecule has 1 N–H and O–H groups in total. The Morgan fingerprint density at radius 3 is 2.81 bits per heavy atom. The molecule has 0 spiro atoms. The summed E-state index contributed by atoms with van der Waals surface area (Å²) in [7, 11) is 0. The van der Waals surface area contributed by atoms with Gasteiger partial charge >= 0.3 is 0 Å². The molecule has 21 heavy (non-hydrogen) atoms. The van der Waals surface area contributed by atoms with E-state index >= 15 is 0 Å². The van der Waals surface area contributed by atoms with Gasteiger partial charge in [0.15, 0.2) is 17.5 Å². The highest BCUT2D eigenvalue weighted by Gasteiger charge is 2.14. The number of ether oxygens (including phenoxy) is 1. The lowest BCUT2D eigenvalue weighted by Crippen LogP contribution is -2.07. The fourth-order valence-corrected chi connectivity index (χ4v) is 1.84. The third kappa shape index (κ3) is 3.75.